The molecule has 0 saturated heterocycles. The molecule has 0 unspecified atom stereocenters. The molecule has 0 aromatic carbocycles. The quantitative estimate of drug-likeness (QED) is 0.179. The van der Waals surface area contributed by atoms with Crippen molar-refractivity contribution < 1.29 is 19.4 Å². The SMILES string of the molecule is CCCCC/C=C\CC=CCC=CCC=CCCCC(=O)NCCOCCOCCO. The van der Waals surface area contributed by atoms with E-state index in [-0.39, 0.29) is 12.5 Å². The number of hydrogen-bond acceptors (Lipinski definition) is 4. The van der Waals surface area contributed by atoms with Gasteiger partial charge >= 0.3 is 0 Å². The van der Waals surface area contributed by atoms with Crippen LogP contribution in [-0.4, -0.2) is 50.6 Å². The molecule has 0 rings (SSSR count). The first-order valence-electron chi connectivity index (χ1n) is 11.9. The van der Waals surface area contributed by atoms with Crippen LogP contribution in [0, 0.1) is 0 Å². The molecule has 0 bridgehead atoms. The van der Waals surface area contributed by atoms with Crippen molar-refractivity contribution in [2.45, 2.75) is 71.1 Å². The monoisotopic (exact) mass is 435 g/mol. The zero-order chi connectivity index (χ0) is 22.7. The molecule has 0 aliphatic heterocycles. The maximum Gasteiger partial charge on any atom is 0.220 e. The Morgan fingerprint density at radius 1 is 0.742 bits per heavy atom. The standard InChI is InChI=1S/C26H45NO4/c1-2-3-4-5-6-7-8-9-10-11-12-13-14-15-16-17-18-19-26(29)27-20-22-30-24-25-31-23-21-28/h6-7,9-10,12-13,15-16,28H,2-5,8,11,14,17-25H2,1H3,(H,27,29)/b7-6-,10-9?,13-12?,16-15?. The van der Waals surface area contributed by atoms with Crippen molar-refractivity contribution in [3.63, 3.8) is 0 Å². The molecule has 0 aromatic heterocycles. The summed E-state index contributed by atoms with van der Waals surface area (Å²) >= 11 is 0. The lowest BCUT2D eigenvalue weighted by molar-refractivity contribution is -0.121. The van der Waals surface area contributed by atoms with Crippen molar-refractivity contribution in [2.24, 2.45) is 0 Å². The van der Waals surface area contributed by atoms with Gasteiger partial charge in [0.25, 0.3) is 0 Å². The predicted molar refractivity (Wildman–Crippen MR) is 130 cm³/mol. The number of ether oxygens (including phenoxy) is 2. The zero-order valence-electron chi connectivity index (χ0n) is 19.6. The summed E-state index contributed by atoms with van der Waals surface area (Å²) in [5, 5.41) is 11.4. The van der Waals surface area contributed by atoms with Crippen LogP contribution >= 0.6 is 0 Å². The fourth-order valence-corrected chi connectivity index (χ4v) is 2.68. The van der Waals surface area contributed by atoms with Crippen molar-refractivity contribution in [1.82, 2.24) is 5.32 Å². The average Bonchev–Trinajstić information content (AvgIpc) is 2.77. The second-order valence-corrected chi connectivity index (χ2v) is 7.28. The van der Waals surface area contributed by atoms with Crippen LogP contribution in [0.1, 0.15) is 71.1 Å². The Balaban J connectivity index is 3.42. The summed E-state index contributed by atoms with van der Waals surface area (Å²) < 4.78 is 10.4. The van der Waals surface area contributed by atoms with Gasteiger partial charge in [0.1, 0.15) is 0 Å². The molecular weight excluding hydrogens is 390 g/mol. The molecule has 0 radical (unpaired) electrons. The Kier molecular flexibility index (Phi) is 24.9. The first kappa shape index (κ1) is 29.3. The first-order chi connectivity index (χ1) is 15.3. The molecule has 5 heteroatoms. The molecule has 0 spiro atoms. The van der Waals surface area contributed by atoms with Gasteiger partial charge in [0, 0.05) is 13.0 Å². The molecule has 0 aliphatic carbocycles. The molecule has 0 atom stereocenters. The Bertz CT molecular complexity index is 498. The number of aliphatic hydroxyl groups excluding tert-OH is 1. The summed E-state index contributed by atoms with van der Waals surface area (Å²) in [5.41, 5.74) is 0. The van der Waals surface area contributed by atoms with Gasteiger partial charge in [-0.25, -0.2) is 0 Å². The van der Waals surface area contributed by atoms with Gasteiger partial charge < -0.3 is 19.9 Å². The van der Waals surface area contributed by atoms with E-state index < -0.39 is 0 Å². The highest BCUT2D eigenvalue weighted by Gasteiger charge is 1.99. The topological polar surface area (TPSA) is 67.8 Å². The molecule has 0 aromatic rings. The summed E-state index contributed by atoms with van der Waals surface area (Å²) in [5.74, 6) is 0.0658. The summed E-state index contributed by atoms with van der Waals surface area (Å²) in [7, 11) is 0. The molecule has 0 aliphatic rings. The summed E-state index contributed by atoms with van der Waals surface area (Å²) in [4.78, 5) is 11.7. The summed E-state index contributed by atoms with van der Waals surface area (Å²) in [6.45, 7) is 4.52. The summed E-state index contributed by atoms with van der Waals surface area (Å²) in [6.07, 6.45) is 28.1. The van der Waals surface area contributed by atoms with E-state index in [2.05, 4.69) is 60.8 Å². The second-order valence-electron chi connectivity index (χ2n) is 7.28. The van der Waals surface area contributed by atoms with Crippen molar-refractivity contribution in [2.75, 3.05) is 39.6 Å². The third-order valence-electron chi connectivity index (χ3n) is 4.41. The molecular formula is C26H45NO4. The van der Waals surface area contributed by atoms with Gasteiger partial charge in [-0.15, -0.1) is 0 Å². The highest BCUT2D eigenvalue weighted by molar-refractivity contribution is 5.75. The normalized spacial score (nSPS) is 12.2. The Morgan fingerprint density at radius 2 is 1.29 bits per heavy atom. The number of carbonyl (C=O) groups is 1. The van der Waals surface area contributed by atoms with E-state index in [9.17, 15) is 4.79 Å². The fourth-order valence-electron chi connectivity index (χ4n) is 2.68. The van der Waals surface area contributed by atoms with Crippen LogP contribution in [0.15, 0.2) is 48.6 Å². The van der Waals surface area contributed by atoms with E-state index in [0.29, 0.717) is 39.4 Å². The largest absolute Gasteiger partial charge is 0.394 e. The van der Waals surface area contributed by atoms with Crippen LogP contribution in [0.3, 0.4) is 0 Å². The minimum absolute atomic E-state index is 0.0249. The number of carbonyl (C=O) groups excluding carboxylic acids is 1. The highest BCUT2D eigenvalue weighted by atomic mass is 16.5. The molecule has 31 heavy (non-hydrogen) atoms. The van der Waals surface area contributed by atoms with E-state index in [4.69, 9.17) is 14.6 Å². The molecule has 0 saturated carbocycles. The molecule has 0 fully saturated rings. The van der Waals surface area contributed by atoms with Crippen LogP contribution in [0.2, 0.25) is 0 Å². The number of unbranched alkanes of at least 4 members (excludes halogenated alkanes) is 4. The third-order valence-corrected chi connectivity index (χ3v) is 4.41. The van der Waals surface area contributed by atoms with Crippen molar-refractivity contribution in [3.8, 4) is 0 Å². The Hall–Kier alpha value is -1.69. The van der Waals surface area contributed by atoms with Crippen molar-refractivity contribution in [3.05, 3.63) is 48.6 Å². The number of allylic oxidation sites excluding steroid dienone is 8. The number of hydrogen-bond donors (Lipinski definition) is 2. The van der Waals surface area contributed by atoms with Crippen molar-refractivity contribution in [1.29, 1.82) is 0 Å². The van der Waals surface area contributed by atoms with E-state index in [0.717, 1.165) is 32.1 Å². The molecule has 1 amide bonds. The lowest BCUT2D eigenvalue weighted by Gasteiger charge is -2.06. The van der Waals surface area contributed by atoms with Crippen molar-refractivity contribution >= 4 is 5.91 Å². The Labute approximate surface area is 190 Å². The third kappa shape index (κ3) is 26.3. The average molecular weight is 436 g/mol. The van der Waals surface area contributed by atoms with Gasteiger partial charge in [0.15, 0.2) is 0 Å². The van der Waals surface area contributed by atoms with E-state index >= 15 is 0 Å². The van der Waals surface area contributed by atoms with Crippen LogP contribution < -0.4 is 5.32 Å². The minimum atomic E-state index is 0.0249. The number of aliphatic hydroxyl groups is 1. The Morgan fingerprint density at radius 3 is 1.87 bits per heavy atom. The molecule has 0 heterocycles. The zero-order valence-corrected chi connectivity index (χ0v) is 19.6. The van der Waals surface area contributed by atoms with Crippen LogP contribution in [0.4, 0.5) is 0 Å². The van der Waals surface area contributed by atoms with E-state index in [1.165, 1.54) is 25.7 Å². The van der Waals surface area contributed by atoms with Gasteiger partial charge in [-0.3, -0.25) is 4.79 Å². The first-order valence-corrected chi connectivity index (χ1v) is 11.9. The number of rotatable bonds is 22. The summed E-state index contributed by atoms with van der Waals surface area (Å²) in [6, 6.07) is 0. The number of amides is 1. The maximum absolute atomic E-state index is 11.7. The van der Waals surface area contributed by atoms with Crippen LogP contribution in [0.25, 0.3) is 0 Å². The molecule has 5 nitrogen and oxygen atoms in total. The van der Waals surface area contributed by atoms with E-state index in [1.54, 1.807) is 0 Å². The molecule has 2 N–H and O–H groups in total. The molecule has 178 valence electrons. The second kappa shape index (κ2) is 26.3. The van der Waals surface area contributed by atoms with Gasteiger partial charge in [-0.2, -0.15) is 0 Å². The van der Waals surface area contributed by atoms with Gasteiger partial charge in [0.05, 0.1) is 33.0 Å². The van der Waals surface area contributed by atoms with Crippen LogP contribution in [0.5, 0.6) is 0 Å². The van der Waals surface area contributed by atoms with Gasteiger partial charge in [-0.05, 0) is 44.9 Å². The van der Waals surface area contributed by atoms with Gasteiger partial charge in [-0.1, -0.05) is 68.4 Å². The lowest BCUT2D eigenvalue weighted by Crippen LogP contribution is -2.27. The smallest absolute Gasteiger partial charge is 0.220 e. The number of nitrogens with one attached hydrogen (secondary N) is 1. The highest BCUT2D eigenvalue weighted by Crippen LogP contribution is 2.01. The maximum atomic E-state index is 11.7. The predicted octanol–water partition coefficient (Wildman–Crippen LogP) is 5.27. The van der Waals surface area contributed by atoms with E-state index in [1.807, 2.05) is 0 Å². The fraction of sp³-hybridized carbons (Fsp3) is 0.654. The minimum Gasteiger partial charge on any atom is -0.394 e. The van der Waals surface area contributed by atoms with Crippen LogP contribution in [-0.2, 0) is 14.3 Å². The van der Waals surface area contributed by atoms with Gasteiger partial charge in [0.2, 0.25) is 5.91 Å². The lowest BCUT2D eigenvalue weighted by atomic mass is 10.2.